The Morgan fingerprint density at radius 1 is 1.17 bits per heavy atom. The van der Waals surface area contributed by atoms with Crippen LogP contribution in [0.4, 0.5) is 5.69 Å². The summed E-state index contributed by atoms with van der Waals surface area (Å²) in [6, 6.07) is 15.2. The van der Waals surface area contributed by atoms with E-state index >= 15 is 0 Å². The first-order valence-corrected chi connectivity index (χ1v) is 8.06. The highest BCUT2D eigenvalue weighted by Gasteiger charge is 2.15. The molecule has 3 aromatic rings. The second kappa shape index (κ2) is 6.79. The van der Waals surface area contributed by atoms with Crippen molar-refractivity contribution in [3.8, 4) is 5.88 Å². The molecule has 0 radical (unpaired) electrons. The molecule has 0 saturated heterocycles. The Morgan fingerprint density at radius 3 is 2.83 bits per heavy atom. The van der Waals surface area contributed by atoms with E-state index in [9.17, 15) is 4.79 Å². The van der Waals surface area contributed by atoms with Gasteiger partial charge in [-0.15, -0.1) is 0 Å². The minimum Gasteiger partial charge on any atom is -0.477 e. The number of hydrogen-bond donors (Lipinski definition) is 1. The third-order valence-electron chi connectivity index (χ3n) is 3.41. The molecule has 0 saturated carbocycles. The summed E-state index contributed by atoms with van der Waals surface area (Å²) >= 11 is 3.57. The first-order chi connectivity index (χ1) is 11.2. The van der Waals surface area contributed by atoms with Gasteiger partial charge in [0.2, 0.25) is 5.88 Å². The lowest BCUT2D eigenvalue weighted by Gasteiger charge is -2.12. The normalized spacial score (nSPS) is 10.5. The van der Waals surface area contributed by atoms with E-state index in [1.54, 1.807) is 18.3 Å². The molecule has 3 rings (SSSR count). The Hall–Kier alpha value is -2.40. The number of aromatic nitrogens is 1. The lowest BCUT2D eigenvalue weighted by Crippen LogP contribution is -2.14. The number of benzene rings is 2. The summed E-state index contributed by atoms with van der Waals surface area (Å²) in [5.74, 6) is 0.0851. The van der Waals surface area contributed by atoms with Crippen LogP contribution in [-0.2, 0) is 0 Å². The van der Waals surface area contributed by atoms with Gasteiger partial charge < -0.3 is 10.1 Å². The lowest BCUT2D eigenvalue weighted by molar-refractivity contribution is 0.102. The molecular formula is C18H15BrN2O2. The largest absolute Gasteiger partial charge is 0.477 e. The van der Waals surface area contributed by atoms with E-state index in [2.05, 4.69) is 26.2 Å². The van der Waals surface area contributed by atoms with Crippen LogP contribution in [0.25, 0.3) is 10.8 Å². The molecule has 0 bridgehead atoms. The Labute approximate surface area is 142 Å². The molecule has 23 heavy (non-hydrogen) atoms. The number of nitrogens with zero attached hydrogens (tertiary/aromatic N) is 1. The molecular weight excluding hydrogens is 356 g/mol. The zero-order valence-corrected chi connectivity index (χ0v) is 14.1. The molecule has 1 amide bonds. The highest BCUT2D eigenvalue weighted by molar-refractivity contribution is 9.10. The lowest BCUT2D eigenvalue weighted by atomic mass is 10.1. The maximum absolute atomic E-state index is 12.5. The monoisotopic (exact) mass is 370 g/mol. The molecule has 0 unspecified atom stereocenters. The minimum atomic E-state index is -0.252. The topological polar surface area (TPSA) is 51.2 Å². The number of nitrogens with one attached hydrogen (secondary N) is 1. The van der Waals surface area contributed by atoms with Crippen molar-refractivity contribution in [1.82, 2.24) is 4.98 Å². The van der Waals surface area contributed by atoms with Gasteiger partial charge in [-0.2, -0.15) is 0 Å². The zero-order chi connectivity index (χ0) is 16.2. The number of hydrogen-bond acceptors (Lipinski definition) is 3. The number of carbonyl (C=O) groups is 1. The van der Waals surface area contributed by atoms with Gasteiger partial charge >= 0.3 is 0 Å². The highest BCUT2D eigenvalue weighted by atomic mass is 79.9. The van der Waals surface area contributed by atoms with Crippen LogP contribution in [0.5, 0.6) is 5.88 Å². The Bertz CT molecular complexity index is 865. The fourth-order valence-corrected chi connectivity index (χ4v) is 2.93. The minimum absolute atomic E-state index is 0.252. The fraction of sp³-hybridized carbons (Fsp3) is 0.111. The summed E-state index contributed by atoms with van der Waals surface area (Å²) < 4.78 is 6.27. The van der Waals surface area contributed by atoms with Crippen LogP contribution in [0.2, 0.25) is 0 Å². The summed E-state index contributed by atoms with van der Waals surface area (Å²) in [4.78, 5) is 16.7. The maximum Gasteiger partial charge on any atom is 0.261 e. The molecule has 1 aromatic heterocycles. The summed E-state index contributed by atoms with van der Waals surface area (Å²) in [6.07, 6.45) is 1.60. The zero-order valence-electron chi connectivity index (χ0n) is 12.5. The second-order valence-electron chi connectivity index (χ2n) is 4.89. The van der Waals surface area contributed by atoms with E-state index in [1.807, 2.05) is 43.3 Å². The van der Waals surface area contributed by atoms with Crippen molar-refractivity contribution in [2.75, 3.05) is 11.9 Å². The number of halogens is 1. The van der Waals surface area contributed by atoms with Crippen molar-refractivity contribution in [2.45, 2.75) is 6.92 Å². The van der Waals surface area contributed by atoms with Gasteiger partial charge in [-0.25, -0.2) is 4.98 Å². The molecule has 2 aromatic carbocycles. The molecule has 0 aliphatic heterocycles. The molecule has 5 heteroatoms. The van der Waals surface area contributed by atoms with Crippen LogP contribution < -0.4 is 10.1 Å². The number of amides is 1. The van der Waals surface area contributed by atoms with Crippen molar-refractivity contribution in [3.05, 3.63) is 64.8 Å². The van der Waals surface area contributed by atoms with Crippen molar-refractivity contribution < 1.29 is 9.53 Å². The molecule has 0 spiro atoms. The standard InChI is InChI=1S/C18H15BrN2O2/c1-2-23-18-14(8-5-11-20-18)17(22)21-15-10-9-12-6-3-4-7-13(12)16(15)19/h3-11H,2H2,1H3,(H,21,22). The van der Waals surface area contributed by atoms with Crippen molar-refractivity contribution in [3.63, 3.8) is 0 Å². The van der Waals surface area contributed by atoms with Gasteiger partial charge in [0, 0.05) is 10.7 Å². The number of anilines is 1. The number of pyridine rings is 1. The molecule has 0 fully saturated rings. The fourth-order valence-electron chi connectivity index (χ4n) is 2.34. The number of rotatable bonds is 4. The van der Waals surface area contributed by atoms with Crippen LogP contribution in [0.15, 0.2) is 59.2 Å². The summed E-state index contributed by atoms with van der Waals surface area (Å²) in [5.41, 5.74) is 1.12. The van der Waals surface area contributed by atoms with Gasteiger partial charge in [0.25, 0.3) is 5.91 Å². The van der Waals surface area contributed by atoms with E-state index in [0.29, 0.717) is 23.7 Å². The summed E-state index contributed by atoms with van der Waals surface area (Å²) in [7, 11) is 0. The number of carbonyl (C=O) groups excluding carboxylic acids is 1. The predicted octanol–water partition coefficient (Wildman–Crippen LogP) is 4.65. The van der Waals surface area contributed by atoms with Gasteiger partial charge in [0.1, 0.15) is 5.56 Å². The van der Waals surface area contributed by atoms with Crippen molar-refractivity contribution in [1.29, 1.82) is 0 Å². The molecule has 0 aliphatic carbocycles. The third-order valence-corrected chi connectivity index (χ3v) is 4.26. The highest BCUT2D eigenvalue weighted by Crippen LogP contribution is 2.31. The van der Waals surface area contributed by atoms with E-state index in [0.717, 1.165) is 15.2 Å². The maximum atomic E-state index is 12.5. The Kier molecular flexibility index (Phi) is 4.57. The van der Waals surface area contributed by atoms with Gasteiger partial charge in [-0.1, -0.05) is 30.3 Å². The SMILES string of the molecule is CCOc1ncccc1C(=O)Nc1ccc2ccccc2c1Br. The Balaban J connectivity index is 1.93. The average Bonchev–Trinajstić information content (AvgIpc) is 2.58. The summed E-state index contributed by atoms with van der Waals surface area (Å²) in [5, 5.41) is 5.06. The molecule has 1 heterocycles. The van der Waals surface area contributed by atoms with Gasteiger partial charge in [-0.3, -0.25) is 4.79 Å². The van der Waals surface area contributed by atoms with Crippen LogP contribution in [0.3, 0.4) is 0 Å². The molecule has 0 aliphatic rings. The van der Waals surface area contributed by atoms with Crippen LogP contribution >= 0.6 is 15.9 Å². The third kappa shape index (κ3) is 3.19. The molecule has 1 N–H and O–H groups in total. The first kappa shape index (κ1) is 15.5. The van der Waals surface area contributed by atoms with Crippen molar-refractivity contribution in [2.24, 2.45) is 0 Å². The van der Waals surface area contributed by atoms with Gasteiger partial charge in [0.15, 0.2) is 0 Å². The smallest absolute Gasteiger partial charge is 0.261 e. The molecule has 116 valence electrons. The van der Waals surface area contributed by atoms with E-state index < -0.39 is 0 Å². The van der Waals surface area contributed by atoms with Crippen LogP contribution in [-0.4, -0.2) is 17.5 Å². The average molecular weight is 371 g/mol. The number of fused-ring (bicyclic) bond motifs is 1. The number of ether oxygens (including phenoxy) is 1. The predicted molar refractivity (Wildman–Crippen MR) is 95.0 cm³/mol. The van der Waals surface area contributed by atoms with Crippen LogP contribution in [0.1, 0.15) is 17.3 Å². The van der Waals surface area contributed by atoms with E-state index in [4.69, 9.17) is 4.74 Å². The second-order valence-corrected chi connectivity index (χ2v) is 5.68. The quantitative estimate of drug-likeness (QED) is 0.727. The van der Waals surface area contributed by atoms with Gasteiger partial charge in [0.05, 0.1) is 12.3 Å². The van der Waals surface area contributed by atoms with E-state index in [-0.39, 0.29) is 5.91 Å². The summed E-state index contributed by atoms with van der Waals surface area (Å²) in [6.45, 7) is 2.31. The first-order valence-electron chi connectivity index (χ1n) is 7.27. The van der Waals surface area contributed by atoms with Crippen molar-refractivity contribution >= 4 is 38.3 Å². The molecule has 4 nitrogen and oxygen atoms in total. The molecule has 0 atom stereocenters. The van der Waals surface area contributed by atoms with Gasteiger partial charge in [-0.05, 0) is 51.8 Å². The van der Waals surface area contributed by atoms with Crippen LogP contribution in [0, 0.1) is 0 Å². The van der Waals surface area contributed by atoms with E-state index in [1.165, 1.54) is 0 Å². The Morgan fingerprint density at radius 2 is 2.00 bits per heavy atom.